The lowest BCUT2D eigenvalue weighted by Gasteiger charge is -2.30. The molecular formula is C15H21N3O3. The number of anilines is 1. The molecule has 6 heteroatoms. The van der Waals surface area contributed by atoms with Crippen LogP contribution in [0.5, 0.6) is 0 Å². The zero-order chi connectivity index (χ0) is 15.5. The maximum Gasteiger partial charge on any atom is 0.305 e. The number of carbonyl (C=O) groups is 2. The van der Waals surface area contributed by atoms with E-state index in [-0.39, 0.29) is 12.3 Å². The molecule has 0 radical (unpaired) electrons. The number of nitrogens with zero attached hydrogens (tertiary/aromatic N) is 2. The SMILES string of the molecule is CN(C)C(=O)c1cc(NC2(CC(=O)O)CCCC2)ccn1. The predicted molar refractivity (Wildman–Crippen MR) is 79.3 cm³/mol. The van der Waals surface area contributed by atoms with Gasteiger partial charge in [-0.25, -0.2) is 0 Å². The minimum Gasteiger partial charge on any atom is -0.481 e. The highest BCUT2D eigenvalue weighted by Gasteiger charge is 2.36. The smallest absolute Gasteiger partial charge is 0.305 e. The van der Waals surface area contributed by atoms with Crippen LogP contribution in [0.4, 0.5) is 5.69 Å². The summed E-state index contributed by atoms with van der Waals surface area (Å²) in [5.41, 5.74) is 0.692. The Morgan fingerprint density at radius 1 is 1.38 bits per heavy atom. The lowest BCUT2D eigenvalue weighted by Crippen LogP contribution is -2.37. The maximum atomic E-state index is 11.9. The van der Waals surface area contributed by atoms with Crippen molar-refractivity contribution in [1.82, 2.24) is 9.88 Å². The molecule has 0 bridgehead atoms. The Balaban J connectivity index is 2.19. The molecule has 1 amide bonds. The van der Waals surface area contributed by atoms with Gasteiger partial charge in [-0.2, -0.15) is 0 Å². The molecule has 21 heavy (non-hydrogen) atoms. The molecule has 0 aliphatic heterocycles. The standard InChI is InChI=1S/C15H21N3O3/c1-18(2)14(21)12-9-11(5-8-16-12)17-15(10-13(19)20)6-3-4-7-15/h5,8-9H,3-4,6-7,10H2,1-2H3,(H,16,17)(H,19,20). The Kier molecular flexibility index (Phi) is 4.45. The van der Waals surface area contributed by atoms with Gasteiger partial charge in [-0.15, -0.1) is 0 Å². The molecular weight excluding hydrogens is 270 g/mol. The molecule has 6 nitrogen and oxygen atoms in total. The van der Waals surface area contributed by atoms with Crippen molar-refractivity contribution in [2.24, 2.45) is 0 Å². The molecule has 2 rings (SSSR count). The normalized spacial score (nSPS) is 16.5. The zero-order valence-electron chi connectivity index (χ0n) is 12.4. The van der Waals surface area contributed by atoms with Crippen LogP contribution in [0.1, 0.15) is 42.6 Å². The second-order valence-corrected chi connectivity index (χ2v) is 5.81. The minimum atomic E-state index is -0.803. The van der Waals surface area contributed by atoms with Gasteiger partial charge in [0.15, 0.2) is 0 Å². The van der Waals surface area contributed by atoms with Gasteiger partial charge in [0.25, 0.3) is 5.91 Å². The van der Waals surface area contributed by atoms with Crippen molar-refractivity contribution in [2.45, 2.75) is 37.6 Å². The number of nitrogens with one attached hydrogen (secondary N) is 1. The number of hydrogen-bond donors (Lipinski definition) is 2. The second-order valence-electron chi connectivity index (χ2n) is 5.81. The molecule has 1 aromatic heterocycles. The van der Waals surface area contributed by atoms with Crippen LogP contribution in [-0.2, 0) is 4.79 Å². The summed E-state index contributed by atoms with van der Waals surface area (Å²) in [6, 6.07) is 3.46. The average molecular weight is 291 g/mol. The number of rotatable bonds is 5. The van der Waals surface area contributed by atoms with E-state index in [0.717, 1.165) is 31.4 Å². The number of aliphatic carboxylic acids is 1. The Hall–Kier alpha value is -2.11. The van der Waals surface area contributed by atoms with E-state index < -0.39 is 11.5 Å². The fraction of sp³-hybridized carbons (Fsp3) is 0.533. The molecule has 1 saturated carbocycles. The molecule has 1 aliphatic carbocycles. The summed E-state index contributed by atoms with van der Waals surface area (Å²) >= 11 is 0. The third kappa shape index (κ3) is 3.71. The number of carboxylic acid groups (broad SMARTS) is 1. The zero-order valence-corrected chi connectivity index (χ0v) is 12.4. The van der Waals surface area contributed by atoms with Gasteiger partial charge in [-0.05, 0) is 25.0 Å². The fourth-order valence-corrected chi connectivity index (χ4v) is 2.85. The maximum absolute atomic E-state index is 11.9. The van der Waals surface area contributed by atoms with Crippen LogP contribution in [0.2, 0.25) is 0 Å². The van der Waals surface area contributed by atoms with Crippen LogP contribution in [0.25, 0.3) is 0 Å². The fourth-order valence-electron chi connectivity index (χ4n) is 2.85. The summed E-state index contributed by atoms with van der Waals surface area (Å²) in [5, 5.41) is 12.4. The summed E-state index contributed by atoms with van der Waals surface area (Å²) in [4.78, 5) is 28.6. The van der Waals surface area contributed by atoms with Crippen LogP contribution >= 0.6 is 0 Å². The monoisotopic (exact) mass is 291 g/mol. The number of carbonyl (C=O) groups excluding carboxylic acids is 1. The summed E-state index contributed by atoms with van der Waals surface area (Å²) in [6.07, 6.45) is 5.37. The van der Waals surface area contributed by atoms with Crippen molar-refractivity contribution in [3.63, 3.8) is 0 Å². The van der Waals surface area contributed by atoms with Gasteiger partial charge < -0.3 is 15.3 Å². The van der Waals surface area contributed by atoms with E-state index in [1.165, 1.54) is 4.90 Å². The van der Waals surface area contributed by atoms with Gasteiger partial charge in [-0.3, -0.25) is 14.6 Å². The van der Waals surface area contributed by atoms with Crippen LogP contribution in [0.3, 0.4) is 0 Å². The highest BCUT2D eigenvalue weighted by atomic mass is 16.4. The van der Waals surface area contributed by atoms with Crippen LogP contribution in [0, 0.1) is 0 Å². The van der Waals surface area contributed by atoms with Gasteiger partial charge in [0.1, 0.15) is 5.69 Å². The number of hydrogen-bond acceptors (Lipinski definition) is 4. The summed E-state index contributed by atoms with van der Waals surface area (Å²) in [7, 11) is 3.35. The van der Waals surface area contributed by atoms with Gasteiger partial charge in [0, 0.05) is 31.5 Å². The highest BCUT2D eigenvalue weighted by Crippen LogP contribution is 2.36. The Morgan fingerprint density at radius 3 is 2.62 bits per heavy atom. The summed E-state index contributed by atoms with van der Waals surface area (Å²) in [5.74, 6) is -0.972. The molecule has 0 aromatic carbocycles. The number of amides is 1. The van der Waals surface area contributed by atoms with Crippen molar-refractivity contribution in [1.29, 1.82) is 0 Å². The topological polar surface area (TPSA) is 82.5 Å². The average Bonchev–Trinajstić information content (AvgIpc) is 2.85. The lowest BCUT2D eigenvalue weighted by molar-refractivity contribution is -0.138. The third-order valence-electron chi connectivity index (χ3n) is 3.85. The molecule has 0 spiro atoms. The van der Waals surface area contributed by atoms with E-state index in [0.29, 0.717) is 5.69 Å². The van der Waals surface area contributed by atoms with Gasteiger partial charge in [-0.1, -0.05) is 12.8 Å². The molecule has 1 fully saturated rings. The molecule has 1 heterocycles. The van der Waals surface area contributed by atoms with Crippen molar-refractivity contribution in [3.05, 3.63) is 24.0 Å². The predicted octanol–water partition coefficient (Wildman–Crippen LogP) is 1.98. The first kappa shape index (κ1) is 15.3. The third-order valence-corrected chi connectivity index (χ3v) is 3.85. The largest absolute Gasteiger partial charge is 0.481 e. The summed E-state index contributed by atoms with van der Waals surface area (Å²) < 4.78 is 0. The molecule has 0 atom stereocenters. The Labute approximate surface area is 124 Å². The first-order chi connectivity index (χ1) is 9.92. The number of aromatic nitrogens is 1. The van der Waals surface area contributed by atoms with Crippen molar-refractivity contribution in [3.8, 4) is 0 Å². The van der Waals surface area contributed by atoms with Crippen molar-refractivity contribution in [2.75, 3.05) is 19.4 Å². The summed E-state index contributed by atoms with van der Waals surface area (Å²) in [6.45, 7) is 0. The number of pyridine rings is 1. The molecule has 1 aliphatic rings. The van der Waals surface area contributed by atoms with Crippen molar-refractivity contribution >= 4 is 17.6 Å². The van der Waals surface area contributed by atoms with Gasteiger partial charge in [0.2, 0.25) is 0 Å². The first-order valence-electron chi connectivity index (χ1n) is 7.10. The van der Waals surface area contributed by atoms with E-state index in [4.69, 9.17) is 5.11 Å². The van der Waals surface area contributed by atoms with Gasteiger partial charge >= 0.3 is 5.97 Å². The number of carboxylic acids is 1. The van der Waals surface area contributed by atoms with Crippen LogP contribution < -0.4 is 5.32 Å². The van der Waals surface area contributed by atoms with E-state index >= 15 is 0 Å². The Morgan fingerprint density at radius 2 is 2.05 bits per heavy atom. The minimum absolute atomic E-state index is 0.0896. The van der Waals surface area contributed by atoms with E-state index in [1.807, 2.05) is 0 Å². The first-order valence-corrected chi connectivity index (χ1v) is 7.10. The highest BCUT2D eigenvalue weighted by molar-refractivity contribution is 5.92. The van der Waals surface area contributed by atoms with Crippen molar-refractivity contribution < 1.29 is 14.7 Å². The quantitative estimate of drug-likeness (QED) is 0.867. The van der Waals surface area contributed by atoms with E-state index in [1.54, 1.807) is 32.4 Å². The molecule has 1 aromatic rings. The van der Waals surface area contributed by atoms with Gasteiger partial charge in [0.05, 0.1) is 6.42 Å². The molecule has 0 saturated heterocycles. The Bertz CT molecular complexity index is 537. The lowest BCUT2D eigenvalue weighted by atomic mass is 9.93. The van der Waals surface area contributed by atoms with E-state index in [9.17, 15) is 9.59 Å². The molecule has 0 unspecified atom stereocenters. The molecule has 2 N–H and O–H groups in total. The molecule has 114 valence electrons. The second kappa shape index (κ2) is 6.11. The van der Waals surface area contributed by atoms with E-state index in [2.05, 4.69) is 10.3 Å². The van der Waals surface area contributed by atoms with Crippen LogP contribution in [-0.4, -0.2) is 46.5 Å². The van der Waals surface area contributed by atoms with Crippen LogP contribution in [0.15, 0.2) is 18.3 Å².